The molecule has 0 aromatic carbocycles. The van der Waals surface area contributed by atoms with Crippen molar-refractivity contribution in [2.75, 3.05) is 0 Å². The Hall–Kier alpha value is -1.76. The second-order valence-electron chi connectivity index (χ2n) is 3.33. The van der Waals surface area contributed by atoms with Crippen molar-refractivity contribution < 1.29 is 9.72 Å². The first kappa shape index (κ1) is 13.3. The van der Waals surface area contributed by atoms with Gasteiger partial charge in [0, 0.05) is 12.5 Å². The average Bonchev–Trinajstić information content (AvgIpc) is 2.75. The van der Waals surface area contributed by atoms with Gasteiger partial charge in [0.2, 0.25) is 5.91 Å². The molecule has 0 unspecified atom stereocenters. The average molecular weight is 255 g/mol. The Balaban J connectivity index is 2.42. The van der Waals surface area contributed by atoms with E-state index < -0.39 is 4.92 Å². The van der Waals surface area contributed by atoms with Gasteiger partial charge in [0.05, 0.1) is 16.0 Å². The standard InChI is InChI=1S/C10H13N3O3S/c1-2-3-4-9(14)12-11-7-8-5-6-10(17-8)13(15)16/h5-7H,2-4H2,1H3,(H,12,14)/b11-7-. The van der Waals surface area contributed by atoms with Gasteiger partial charge in [-0.25, -0.2) is 5.43 Å². The van der Waals surface area contributed by atoms with E-state index in [9.17, 15) is 14.9 Å². The van der Waals surface area contributed by atoms with Gasteiger partial charge in [0.25, 0.3) is 0 Å². The third-order valence-corrected chi connectivity index (χ3v) is 2.90. The highest BCUT2D eigenvalue weighted by atomic mass is 32.1. The van der Waals surface area contributed by atoms with Crippen molar-refractivity contribution in [1.82, 2.24) is 5.43 Å². The Kier molecular flexibility index (Phi) is 5.28. The number of amides is 1. The molecule has 0 saturated heterocycles. The number of carbonyl (C=O) groups is 1. The SMILES string of the molecule is CCCCC(=O)N/N=C\c1ccc([N+](=O)[O-])s1. The van der Waals surface area contributed by atoms with Gasteiger partial charge in [-0.3, -0.25) is 14.9 Å². The summed E-state index contributed by atoms with van der Waals surface area (Å²) in [5.74, 6) is -0.144. The summed E-state index contributed by atoms with van der Waals surface area (Å²) in [6.07, 6.45) is 3.63. The van der Waals surface area contributed by atoms with Crippen LogP contribution in [-0.2, 0) is 4.79 Å². The van der Waals surface area contributed by atoms with Crippen molar-refractivity contribution >= 4 is 28.5 Å². The predicted octanol–water partition coefficient (Wildman–Crippen LogP) is 2.30. The van der Waals surface area contributed by atoms with Crippen LogP contribution in [-0.4, -0.2) is 17.0 Å². The number of hydrogen-bond donors (Lipinski definition) is 1. The van der Waals surface area contributed by atoms with E-state index in [0.717, 1.165) is 24.2 Å². The predicted molar refractivity (Wildman–Crippen MR) is 66.2 cm³/mol. The fourth-order valence-corrected chi connectivity index (χ4v) is 1.76. The molecule has 1 aromatic rings. The van der Waals surface area contributed by atoms with Gasteiger partial charge in [0.15, 0.2) is 0 Å². The monoisotopic (exact) mass is 255 g/mol. The van der Waals surface area contributed by atoms with Crippen LogP contribution in [0.4, 0.5) is 5.00 Å². The maximum atomic E-state index is 11.2. The molecule has 0 fully saturated rings. The van der Waals surface area contributed by atoms with Crippen LogP contribution in [0, 0.1) is 10.1 Å². The quantitative estimate of drug-likeness (QED) is 0.481. The molecule has 0 atom stereocenters. The van der Waals surface area contributed by atoms with Crippen molar-refractivity contribution in [2.24, 2.45) is 5.10 Å². The molecule has 1 heterocycles. The van der Waals surface area contributed by atoms with Gasteiger partial charge >= 0.3 is 5.00 Å². The Morgan fingerprint density at radius 1 is 1.65 bits per heavy atom. The van der Waals surface area contributed by atoms with E-state index in [2.05, 4.69) is 10.5 Å². The Morgan fingerprint density at radius 2 is 2.41 bits per heavy atom. The van der Waals surface area contributed by atoms with Crippen LogP contribution < -0.4 is 5.43 Å². The highest BCUT2D eigenvalue weighted by Crippen LogP contribution is 2.22. The number of carbonyl (C=O) groups excluding carboxylic acids is 1. The summed E-state index contributed by atoms with van der Waals surface area (Å²) < 4.78 is 0. The Morgan fingerprint density at radius 3 is 3.00 bits per heavy atom. The largest absolute Gasteiger partial charge is 0.324 e. The van der Waals surface area contributed by atoms with Crippen LogP contribution in [0.2, 0.25) is 0 Å². The highest BCUT2D eigenvalue weighted by molar-refractivity contribution is 7.16. The summed E-state index contributed by atoms with van der Waals surface area (Å²) >= 11 is 1.01. The first-order valence-electron chi connectivity index (χ1n) is 5.19. The molecule has 0 aliphatic carbocycles. The molecule has 7 heteroatoms. The van der Waals surface area contributed by atoms with Crippen LogP contribution in [0.25, 0.3) is 0 Å². The van der Waals surface area contributed by atoms with Crippen LogP contribution in [0.5, 0.6) is 0 Å². The van der Waals surface area contributed by atoms with Crippen LogP contribution in [0.1, 0.15) is 31.1 Å². The summed E-state index contributed by atoms with van der Waals surface area (Å²) in [5, 5.41) is 14.2. The third-order valence-electron chi connectivity index (χ3n) is 1.93. The van der Waals surface area contributed by atoms with Crippen molar-refractivity contribution in [1.29, 1.82) is 0 Å². The lowest BCUT2D eigenvalue weighted by molar-refractivity contribution is -0.380. The maximum absolute atomic E-state index is 11.2. The van der Waals surface area contributed by atoms with Gasteiger partial charge in [-0.1, -0.05) is 24.7 Å². The molecule has 0 saturated carbocycles. The fourth-order valence-electron chi connectivity index (χ4n) is 1.07. The van der Waals surface area contributed by atoms with E-state index in [0.29, 0.717) is 11.3 Å². The van der Waals surface area contributed by atoms with Crippen LogP contribution in [0.15, 0.2) is 17.2 Å². The van der Waals surface area contributed by atoms with Gasteiger partial charge in [-0.2, -0.15) is 5.10 Å². The second kappa shape index (κ2) is 6.74. The molecule has 0 aliphatic rings. The highest BCUT2D eigenvalue weighted by Gasteiger charge is 2.07. The van der Waals surface area contributed by atoms with E-state index >= 15 is 0 Å². The number of thiophene rings is 1. The summed E-state index contributed by atoms with van der Waals surface area (Å²) in [6.45, 7) is 2.00. The molecule has 0 spiro atoms. The minimum Gasteiger partial charge on any atom is -0.273 e. The van der Waals surface area contributed by atoms with Crippen molar-refractivity contribution in [3.63, 3.8) is 0 Å². The summed E-state index contributed by atoms with van der Waals surface area (Å²) in [4.78, 5) is 21.8. The lowest BCUT2D eigenvalue weighted by Crippen LogP contribution is -2.16. The van der Waals surface area contributed by atoms with Crippen molar-refractivity contribution in [2.45, 2.75) is 26.2 Å². The molecular formula is C10H13N3O3S. The molecular weight excluding hydrogens is 242 g/mol. The van der Waals surface area contributed by atoms with E-state index in [1.807, 2.05) is 6.92 Å². The molecule has 1 aromatic heterocycles. The number of hydrogen-bond acceptors (Lipinski definition) is 5. The zero-order valence-electron chi connectivity index (χ0n) is 9.38. The minimum atomic E-state index is -0.457. The normalized spacial score (nSPS) is 10.6. The maximum Gasteiger partial charge on any atom is 0.324 e. The second-order valence-corrected chi connectivity index (χ2v) is 4.42. The zero-order valence-corrected chi connectivity index (χ0v) is 10.2. The number of nitro groups is 1. The molecule has 17 heavy (non-hydrogen) atoms. The van der Waals surface area contributed by atoms with E-state index in [-0.39, 0.29) is 10.9 Å². The lowest BCUT2D eigenvalue weighted by Gasteiger charge is -1.96. The van der Waals surface area contributed by atoms with E-state index in [1.165, 1.54) is 12.3 Å². The number of unbranched alkanes of at least 4 members (excludes halogenated alkanes) is 1. The topological polar surface area (TPSA) is 84.6 Å². The molecule has 1 amide bonds. The van der Waals surface area contributed by atoms with Gasteiger partial charge < -0.3 is 0 Å². The third kappa shape index (κ3) is 4.73. The van der Waals surface area contributed by atoms with Crippen molar-refractivity contribution in [3.8, 4) is 0 Å². The van der Waals surface area contributed by atoms with E-state index in [1.54, 1.807) is 6.07 Å². The number of rotatable bonds is 6. The molecule has 92 valence electrons. The smallest absolute Gasteiger partial charge is 0.273 e. The fraction of sp³-hybridized carbons (Fsp3) is 0.400. The first-order valence-corrected chi connectivity index (χ1v) is 6.01. The number of hydrazone groups is 1. The molecule has 0 radical (unpaired) electrons. The molecule has 1 N–H and O–H groups in total. The lowest BCUT2D eigenvalue weighted by atomic mass is 10.2. The molecule has 1 rings (SSSR count). The summed E-state index contributed by atoms with van der Waals surface area (Å²) in [7, 11) is 0. The summed E-state index contributed by atoms with van der Waals surface area (Å²) in [6, 6.07) is 3.00. The Labute approximate surface area is 102 Å². The molecule has 0 bridgehead atoms. The van der Waals surface area contributed by atoms with Crippen LogP contribution in [0.3, 0.4) is 0 Å². The van der Waals surface area contributed by atoms with Crippen molar-refractivity contribution in [3.05, 3.63) is 27.1 Å². The van der Waals surface area contributed by atoms with Gasteiger partial charge in [-0.15, -0.1) is 0 Å². The van der Waals surface area contributed by atoms with Gasteiger partial charge in [-0.05, 0) is 12.5 Å². The molecule has 6 nitrogen and oxygen atoms in total. The van der Waals surface area contributed by atoms with Gasteiger partial charge in [0.1, 0.15) is 0 Å². The zero-order chi connectivity index (χ0) is 12.7. The minimum absolute atomic E-state index is 0.0590. The number of nitrogens with zero attached hydrogens (tertiary/aromatic N) is 2. The van der Waals surface area contributed by atoms with Crippen LogP contribution >= 0.6 is 11.3 Å². The number of nitrogens with one attached hydrogen (secondary N) is 1. The van der Waals surface area contributed by atoms with E-state index in [4.69, 9.17) is 0 Å². The first-order chi connectivity index (χ1) is 8.13. The molecule has 0 aliphatic heterocycles. The summed E-state index contributed by atoms with van der Waals surface area (Å²) in [5.41, 5.74) is 2.37. The Bertz CT molecular complexity index is 428.